The summed E-state index contributed by atoms with van der Waals surface area (Å²) in [5, 5.41) is 6.69. The lowest BCUT2D eigenvalue weighted by Gasteiger charge is -2.21. The first-order valence-electron chi connectivity index (χ1n) is 10.8. The van der Waals surface area contributed by atoms with E-state index in [9.17, 15) is 8.78 Å². The molecule has 0 bridgehead atoms. The van der Waals surface area contributed by atoms with Crippen molar-refractivity contribution in [3.63, 3.8) is 0 Å². The Morgan fingerprint density at radius 2 is 1.88 bits per heavy atom. The number of para-hydroxylation sites is 1. The Bertz CT molecular complexity index is 1040. The van der Waals surface area contributed by atoms with Crippen LogP contribution in [0.15, 0.2) is 65.9 Å². The largest absolute Gasteiger partial charge is 0.365 e. The van der Waals surface area contributed by atoms with E-state index < -0.39 is 11.6 Å². The summed E-state index contributed by atoms with van der Waals surface area (Å²) in [5.41, 5.74) is 1.28. The van der Waals surface area contributed by atoms with Crippen LogP contribution in [-0.2, 0) is 13.0 Å². The van der Waals surface area contributed by atoms with Crippen molar-refractivity contribution in [1.82, 2.24) is 20.2 Å². The molecular weight excluding hydrogens is 537 g/mol. The molecular formula is C24H29F2IN6. The lowest BCUT2D eigenvalue weighted by atomic mass is 10.2. The predicted molar refractivity (Wildman–Crippen MR) is 138 cm³/mol. The first kappa shape index (κ1) is 24.9. The molecule has 1 atom stereocenters. The molecule has 33 heavy (non-hydrogen) atoms. The summed E-state index contributed by atoms with van der Waals surface area (Å²) < 4.78 is 30.3. The number of halogens is 3. The van der Waals surface area contributed by atoms with Crippen LogP contribution in [0.5, 0.6) is 0 Å². The number of hydrogen-bond acceptors (Lipinski definition) is 3. The van der Waals surface area contributed by atoms with E-state index in [1.165, 1.54) is 23.8 Å². The van der Waals surface area contributed by atoms with Crippen molar-refractivity contribution in [2.75, 3.05) is 31.6 Å². The fourth-order valence-corrected chi connectivity index (χ4v) is 4.05. The fourth-order valence-electron chi connectivity index (χ4n) is 4.05. The van der Waals surface area contributed by atoms with Crippen molar-refractivity contribution < 1.29 is 8.78 Å². The number of guanidine groups is 1. The fraction of sp³-hybridized carbons (Fsp3) is 0.333. The molecule has 2 heterocycles. The summed E-state index contributed by atoms with van der Waals surface area (Å²) in [6, 6.07) is 14.3. The number of aromatic nitrogens is 2. The molecule has 6 nitrogen and oxygen atoms in total. The Morgan fingerprint density at radius 1 is 1.12 bits per heavy atom. The monoisotopic (exact) mass is 566 g/mol. The maximum absolute atomic E-state index is 14.1. The molecule has 1 saturated heterocycles. The minimum Gasteiger partial charge on any atom is -0.365 e. The molecule has 0 radical (unpaired) electrons. The third-order valence-electron chi connectivity index (χ3n) is 5.64. The van der Waals surface area contributed by atoms with Crippen LogP contribution in [0.1, 0.15) is 17.8 Å². The Hall–Kier alpha value is -2.69. The van der Waals surface area contributed by atoms with E-state index in [0.29, 0.717) is 25.6 Å². The van der Waals surface area contributed by atoms with E-state index in [0.717, 1.165) is 25.2 Å². The lowest BCUT2D eigenvalue weighted by molar-refractivity contribution is 0.576. The van der Waals surface area contributed by atoms with Gasteiger partial charge in [-0.2, -0.15) is 0 Å². The van der Waals surface area contributed by atoms with Gasteiger partial charge in [0, 0.05) is 58.1 Å². The van der Waals surface area contributed by atoms with Gasteiger partial charge in [0.2, 0.25) is 0 Å². The molecule has 2 N–H and O–H groups in total. The van der Waals surface area contributed by atoms with Gasteiger partial charge in [0.25, 0.3) is 0 Å². The van der Waals surface area contributed by atoms with Crippen LogP contribution < -0.4 is 15.5 Å². The summed E-state index contributed by atoms with van der Waals surface area (Å²) in [7, 11) is 1.72. The third kappa shape index (κ3) is 6.43. The molecule has 4 rings (SSSR count). The van der Waals surface area contributed by atoms with E-state index in [1.54, 1.807) is 11.9 Å². The molecule has 1 aliphatic rings. The average molecular weight is 566 g/mol. The van der Waals surface area contributed by atoms with Crippen LogP contribution in [0.4, 0.5) is 14.5 Å². The van der Waals surface area contributed by atoms with Gasteiger partial charge >= 0.3 is 0 Å². The van der Waals surface area contributed by atoms with Gasteiger partial charge in [0.05, 0.1) is 0 Å². The van der Waals surface area contributed by atoms with Gasteiger partial charge in [-0.15, -0.1) is 24.0 Å². The quantitative estimate of drug-likeness (QED) is 0.260. The van der Waals surface area contributed by atoms with Crippen LogP contribution in [0, 0.1) is 11.6 Å². The number of hydrogen-bond donors (Lipinski definition) is 2. The highest BCUT2D eigenvalue weighted by molar-refractivity contribution is 14.0. The number of nitrogens with zero attached hydrogens (tertiary/aromatic N) is 4. The Kier molecular flexibility index (Phi) is 9.04. The molecule has 0 spiro atoms. The average Bonchev–Trinajstić information content (AvgIpc) is 3.43. The number of imidazole rings is 1. The number of aliphatic imine (C=N–C) groups is 1. The summed E-state index contributed by atoms with van der Waals surface area (Å²) in [5.74, 6) is 0.615. The van der Waals surface area contributed by atoms with Crippen molar-refractivity contribution in [1.29, 1.82) is 0 Å². The van der Waals surface area contributed by atoms with Gasteiger partial charge in [0.1, 0.15) is 23.1 Å². The van der Waals surface area contributed by atoms with Gasteiger partial charge in [-0.25, -0.2) is 13.8 Å². The van der Waals surface area contributed by atoms with Crippen molar-refractivity contribution in [2.24, 2.45) is 4.99 Å². The molecule has 1 aromatic heterocycles. The van der Waals surface area contributed by atoms with Gasteiger partial charge < -0.3 is 20.1 Å². The molecule has 176 valence electrons. The lowest BCUT2D eigenvalue weighted by Crippen LogP contribution is -2.45. The van der Waals surface area contributed by atoms with E-state index in [2.05, 4.69) is 37.3 Å². The Morgan fingerprint density at radius 3 is 2.61 bits per heavy atom. The Balaban J connectivity index is 0.00000306. The van der Waals surface area contributed by atoms with Crippen molar-refractivity contribution in [3.8, 4) is 0 Å². The second-order valence-electron chi connectivity index (χ2n) is 7.85. The summed E-state index contributed by atoms with van der Waals surface area (Å²) in [4.78, 5) is 10.5. The molecule has 0 aliphatic carbocycles. The SMILES string of the molecule is CN=C(NCCc1nccn1Cc1ccccc1)NC1CCN(c2c(F)cccc2F)C1.I. The van der Waals surface area contributed by atoms with Gasteiger partial charge in [-0.1, -0.05) is 36.4 Å². The Labute approximate surface area is 210 Å². The van der Waals surface area contributed by atoms with Crippen LogP contribution in [0.2, 0.25) is 0 Å². The molecule has 0 saturated carbocycles. The standard InChI is InChI=1S/C24H28F2N6.HI/c1-27-24(30-19-11-14-32(17-19)23-20(25)8-5-9-21(23)26)29-12-10-22-28-13-15-31(22)16-18-6-3-2-4-7-18;/h2-9,13,15,19H,10-12,14,16-17H2,1H3,(H2,27,29,30);1H. The molecule has 1 aliphatic heterocycles. The highest BCUT2D eigenvalue weighted by atomic mass is 127. The summed E-state index contributed by atoms with van der Waals surface area (Å²) in [6.07, 6.45) is 5.33. The molecule has 1 fully saturated rings. The normalized spacial score (nSPS) is 15.9. The van der Waals surface area contributed by atoms with Crippen LogP contribution in [0.3, 0.4) is 0 Å². The van der Waals surface area contributed by atoms with E-state index in [1.807, 2.05) is 30.6 Å². The first-order valence-corrected chi connectivity index (χ1v) is 10.8. The molecule has 3 aromatic rings. The molecule has 9 heteroatoms. The van der Waals surface area contributed by atoms with Gasteiger partial charge in [-0.05, 0) is 24.1 Å². The van der Waals surface area contributed by atoms with Crippen molar-refractivity contribution in [2.45, 2.75) is 25.4 Å². The first-order chi connectivity index (χ1) is 15.6. The topological polar surface area (TPSA) is 57.5 Å². The van der Waals surface area contributed by atoms with Crippen LogP contribution in [-0.4, -0.2) is 48.2 Å². The van der Waals surface area contributed by atoms with Crippen LogP contribution >= 0.6 is 24.0 Å². The molecule has 0 amide bonds. The van der Waals surface area contributed by atoms with Crippen molar-refractivity contribution >= 4 is 35.6 Å². The predicted octanol–water partition coefficient (Wildman–Crippen LogP) is 3.81. The third-order valence-corrected chi connectivity index (χ3v) is 5.64. The number of benzene rings is 2. The number of rotatable bonds is 7. The highest BCUT2D eigenvalue weighted by Crippen LogP contribution is 2.26. The smallest absolute Gasteiger partial charge is 0.191 e. The van der Waals surface area contributed by atoms with Gasteiger partial charge in [0.15, 0.2) is 5.96 Å². The minimum atomic E-state index is -0.529. The zero-order valence-electron chi connectivity index (χ0n) is 18.5. The maximum Gasteiger partial charge on any atom is 0.191 e. The number of nitrogens with one attached hydrogen (secondary N) is 2. The highest BCUT2D eigenvalue weighted by Gasteiger charge is 2.27. The van der Waals surface area contributed by atoms with Crippen LogP contribution in [0.25, 0.3) is 0 Å². The minimum absolute atomic E-state index is 0. The zero-order chi connectivity index (χ0) is 22.3. The van der Waals surface area contributed by atoms with E-state index in [4.69, 9.17) is 0 Å². The zero-order valence-corrected chi connectivity index (χ0v) is 20.9. The summed E-state index contributed by atoms with van der Waals surface area (Å²) >= 11 is 0. The van der Waals surface area contributed by atoms with Gasteiger partial charge in [-0.3, -0.25) is 4.99 Å². The second kappa shape index (κ2) is 12.0. The molecule has 2 aromatic carbocycles. The summed E-state index contributed by atoms with van der Waals surface area (Å²) in [6.45, 7) is 2.56. The molecule has 1 unspecified atom stereocenters. The van der Waals surface area contributed by atoms with E-state index in [-0.39, 0.29) is 35.7 Å². The number of anilines is 1. The van der Waals surface area contributed by atoms with E-state index >= 15 is 0 Å². The van der Waals surface area contributed by atoms with Crippen molar-refractivity contribution in [3.05, 3.63) is 83.9 Å². The maximum atomic E-state index is 14.1. The second-order valence-corrected chi connectivity index (χ2v) is 7.85.